The van der Waals surface area contributed by atoms with Crippen molar-refractivity contribution in [1.29, 1.82) is 0 Å². The number of hydrogen-bond donors (Lipinski definition) is 1. The lowest BCUT2D eigenvalue weighted by Gasteiger charge is -2.28. The SMILES string of the molecule is NC1CCN(c2nccc(N3CCSCC3)n2)C1. The minimum Gasteiger partial charge on any atom is -0.355 e. The summed E-state index contributed by atoms with van der Waals surface area (Å²) in [6, 6.07) is 2.28. The third-order valence-corrected chi connectivity index (χ3v) is 4.41. The van der Waals surface area contributed by atoms with Gasteiger partial charge >= 0.3 is 0 Å². The van der Waals surface area contributed by atoms with Crippen LogP contribution in [-0.4, -0.2) is 53.7 Å². The molecule has 98 valence electrons. The van der Waals surface area contributed by atoms with Crippen molar-refractivity contribution in [2.45, 2.75) is 12.5 Å². The van der Waals surface area contributed by atoms with Crippen LogP contribution in [0.15, 0.2) is 12.3 Å². The molecule has 5 nitrogen and oxygen atoms in total. The predicted octanol–water partition coefficient (Wildman–Crippen LogP) is 0.567. The van der Waals surface area contributed by atoms with E-state index >= 15 is 0 Å². The lowest BCUT2D eigenvalue weighted by molar-refractivity contribution is 0.749. The molecule has 1 aromatic heterocycles. The third-order valence-electron chi connectivity index (χ3n) is 3.47. The lowest BCUT2D eigenvalue weighted by atomic mass is 10.3. The Balaban J connectivity index is 1.76. The zero-order valence-electron chi connectivity index (χ0n) is 10.5. The first kappa shape index (κ1) is 12.0. The number of anilines is 2. The molecule has 2 N–H and O–H groups in total. The predicted molar refractivity (Wildman–Crippen MR) is 76.4 cm³/mol. The van der Waals surface area contributed by atoms with E-state index in [0.29, 0.717) is 0 Å². The number of nitrogens with zero attached hydrogens (tertiary/aromatic N) is 4. The second kappa shape index (κ2) is 5.32. The molecule has 1 unspecified atom stereocenters. The molecule has 3 rings (SSSR count). The number of thioether (sulfide) groups is 1. The van der Waals surface area contributed by atoms with Crippen molar-refractivity contribution < 1.29 is 0 Å². The van der Waals surface area contributed by atoms with Gasteiger partial charge in [-0.25, -0.2) is 4.98 Å². The minimum atomic E-state index is 0.267. The molecular weight excluding hydrogens is 246 g/mol. The van der Waals surface area contributed by atoms with Crippen molar-refractivity contribution in [3.63, 3.8) is 0 Å². The number of rotatable bonds is 2. The molecule has 0 aromatic carbocycles. The van der Waals surface area contributed by atoms with Crippen molar-refractivity contribution in [3.8, 4) is 0 Å². The highest BCUT2D eigenvalue weighted by atomic mass is 32.2. The second-order valence-electron chi connectivity index (χ2n) is 4.81. The Bertz CT molecular complexity index is 387. The lowest BCUT2D eigenvalue weighted by Crippen LogP contribution is -2.34. The van der Waals surface area contributed by atoms with Crippen LogP contribution in [-0.2, 0) is 0 Å². The molecule has 0 bridgehead atoms. The maximum absolute atomic E-state index is 5.93. The average Bonchev–Trinajstić information content (AvgIpc) is 2.87. The summed E-state index contributed by atoms with van der Waals surface area (Å²) in [5.41, 5.74) is 5.93. The van der Waals surface area contributed by atoms with E-state index < -0.39 is 0 Å². The molecule has 1 atom stereocenters. The van der Waals surface area contributed by atoms with Gasteiger partial charge in [0.15, 0.2) is 0 Å². The molecule has 1 aromatic rings. The van der Waals surface area contributed by atoms with E-state index in [1.807, 2.05) is 24.0 Å². The van der Waals surface area contributed by atoms with Gasteiger partial charge in [0.25, 0.3) is 0 Å². The summed E-state index contributed by atoms with van der Waals surface area (Å²) in [6.07, 6.45) is 2.90. The topological polar surface area (TPSA) is 58.3 Å². The van der Waals surface area contributed by atoms with Crippen molar-refractivity contribution in [2.24, 2.45) is 5.73 Å². The maximum Gasteiger partial charge on any atom is 0.227 e. The number of aromatic nitrogens is 2. The molecule has 0 aliphatic carbocycles. The first-order valence-electron chi connectivity index (χ1n) is 6.49. The Labute approximate surface area is 112 Å². The normalized spacial score (nSPS) is 24.6. The molecule has 2 fully saturated rings. The van der Waals surface area contributed by atoms with Gasteiger partial charge in [0.2, 0.25) is 5.95 Å². The Morgan fingerprint density at radius 2 is 2.06 bits per heavy atom. The summed E-state index contributed by atoms with van der Waals surface area (Å²) in [7, 11) is 0. The zero-order chi connectivity index (χ0) is 12.4. The van der Waals surface area contributed by atoms with Gasteiger partial charge in [-0.3, -0.25) is 0 Å². The molecular formula is C12H19N5S. The van der Waals surface area contributed by atoms with E-state index in [1.165, 1.54) is 11.5 Å². The Morgan fingerprint density at radius 1 is 1.22 bits per heavy atom. The zero-order valence-corrected chi connectivity index (χ0v) is 11.3. The van der Waals surface area contributed by atoms with E-state index in [1.54, 1.807) is 0 Å². The second-order valence-corrected chi connectivity index (χ2v) is 6.03. The van der Waals surface area contributed by atoms with Crippen LogP contribution in [0.4, 0.5) is 11.8 Å². The summed E-state index contributed by atoms with van der Waals surface area (Å²) < 4.78 is 0. The monoisotopic (exact) mass is 265 g/mol. The summed E-state index contributed by atoms with van der Waals surface area (Å²) in [5, 5.41) is 0. The van der Waals surface area contributed by atoms with E-state index in [4.69, 9.17) is 5.73 Å². The molecule has 0 amide bonds. The maximum atomic E-state index is 5.93. The molecule has 0 radical (unpaired) electrons. The summed E-state index contributed by atoms with van der Waals surface area (Å²) in [4.78, 5) is 13.6. The van der Waals surface area contributed by atoms with Crippen LogP contribution in [0.1, 0.15) is 6.42 Å². The van der Waals surface area contributed by atoms with E-state index in [0.717, 1.165) is 44.4 Å². The summed E-state index contributed by atoms with van der Waals surface area (Å²) in [6.45, 7) is 4.01. The van der Waals surface area contributed by atoms with E-state index in [2.05, 4.69) is 19.8 Å². The summed E-state index contributed by atoms with van der Waals surface area (Å²) in [5.74, 6) is 4.27. The standard InChI is InChI=1S/C12H19N5S/c13-10-2-4-17(9-10)12-14-3-1-11(15-12)16-5-7-18-8-6-16/h1,3,10H,2,4-9,13H2. The fraction of sp³-hybridized carbons (Fsp3) is 0.667. The summed E-state index contributed by atoms with van der Waals surface area (Å²) >= 11 is 2.01. The van der Waals surface area contributed by atoms with Gasteiger partial charge in [0, 0.05) is 49.9 Å². The Hall–Kier alpha value is -1.01. The highest BCUT2D eigenvalue weighted by molar-refractivity contribution is 7.99. The van der Waals surface area contributed by atoms with Crippen LogP contribution >= 0.6 is 11.8 Å². The molecule has 0 saturated carbocycles. The van der Waals surface area contributed by atoms with Crippen LogP contribution in [0.25, 0.3) is 0 Å². The molecule has 18 heavy (non-hydrogen) atoms. The van der Waals surface area contributed by atoms with Crippen molar-refractivity contribution >= 4 is 23.5 Å². The van der Waals surface area contributed by atoms with Crippen LogP contribution in [0.2, 0.25) is 0 Å². The van der Waals surface area contributed by atoms with Crippen molar-refractivity contribution in [1.82, 2.24) is 9.97 Å². The van der Waals surface area contributed by atoms with E-state index in [9.17, 15) is 0 Å². The van der Waals surface area contributed by atoms with Crippen LogP contribution < -0.4 is 15.5 Å². The quantitative estimate of drug-likeness (QED) is 0.843. The average molecular weight is 265 g/mol. The van der Waals surface area contributed by atoms with Gasteiger partial charge in [0.1, 0.15) is 5.82 Å². The number of hydrogen-bond acceptors (Lipinski definition) is 6. The molecule has 2 aliphatic rings. The third kappa shape index (κ3) is 2.54. The van der Waals surface area contributed by atoms with E-state index in [-0.39, 0.29) is 6.04 Å². The fourth-order valence-corrected chi connectivity index (χ4v) is 3.33. The Kier molecular flexibility index (Phi) is 3.56. The molecule has 3 heterocycles. The van der Waals surface area contributed by atoms with Gasteiger partial charge in [0.05, 0.1) is 0 Å². The van der Waals surface area contributed by atoms with Gasteiger partial charge in [-0.05, 0) is 12.5 Å². The Morgan fingerprint density at radius 3 is 2.78 bits per heavy atom. The highest BCUT2D eigenvalue weighted by Gasteiger charge is 2.22. The van der Waals surface area contributed by atoms with Gasteiger partial charge in [-0.2, -0.15) is 16.7 Å². The van der Waals surface area contributed by atoms with Gasteiger partial charge in [-0.15, -0.1) is 0 Å². The molecule has 6 heteroatoms. The van der Waals surface area contributed by atoms with Crippen molar-refractivity contribution in [2.75, 3.05) is 47.5 Å². The molecule has 0 spiro atoms. The molecule has 2 saturated heterocycles. The fourth-order valence-electron chi connectivity index (χ4n) is 2.43. The van der Waals surface area contributed by atoms with Crippen LogP contribution in [0.3, 0.4) is 0 Å². The van der Waals surface area contributed by atoms with Crippen LogP contribution in [0, 0.1) is 0 Å². The number of nitrogens with two attached hydrogens (primary N) is 1. The smallest absolute Gasteiger partial charge is 0.227 e. The largest absolute Gasteiger partial charge is 0.355 e. The first-order valence-corrected chi connectivity index (χ1v) is 7.65. The van der Waals surface area contributed by atoms with Crippen LogP contribution in [0.5, 0.6) is 0 Å². The highest BCUT2D eigenvalue weighted by Crippen LogP contribution is 2.21. The van der Waals surface area contributed by atoms with Crippen molar-refractivity contribution in [3.05, 3.63) is 12.3 Å². The minimum absolute atomic E-state index is 0.267. The van der Waals surface area contributed by atoms with Gasteiger partial charge < -0.3 is 15.5 Å². The first-order chi connectivity index (χ1) is 8.83. The van der Waals surface area contributed by atoms with Gasteiger partial charge in [-0.1, -0.05) is 0 Å². The molecule has 2 aliphatic heterocycles.